The largest absolute Gasteiger partial charge is 0.392 e. The van der Waals surface area contributed by atoms with Gasteiger partial charge in [-0.05, 0) is 60.4 Å². The van der Waals surface area contributed by atoms with Crippen LogP contribution in [-0.4, -0.2) is 22.6 Å². The van der Waals surface area contributed by atoms with Gasteiger partial charge in [0.15, 0.2) is 0 Å². The van der Waals surface area contributed by atoms with Crippen molar-refractivity contribution in [2.75, 3.05) is 6.54 Å². The van der Waals surface area contributed by atoms with Crippen LogP contribution in [-0.2, 0) is 19.6 Å². The second-order valence-electron chi connectivity index (χ2n) is 6.95. The van der Waals surface area contributed by atoms with Crippen LogP contribution in [0.1, 0.15) is 47.4 Å². The molecule has 2 atom stereocenters. The fourth-order valence-electron chi connectivity index (χ4n) is 4.63. The minimum Gasteiger partial charge on any atom is -0.392 e. The van der Waals surface area contributed by atoms with E-state index in [1.165, 1.54) is 42.5 Å². The highest BCUT2D eigenvalue weighted by molar-refractivity contribution is 5.40. The number of fused-ring (bicyclic) bond motifs is 3. The Hall–Kier alpha value is -1.64. The Balaban J connectivity index is 1.61. The van der Waals surface area contributed by atoms with Gasteiger partial charge >= 0.3 is 0 Å². The van der Waals surface area contributed by atoms with Crippen LogP contribution in [0.15, 0.2) is 48.5 Å². The Morgan fingerprint density at radius 2 is 1.87 bits per heavy atom. The van der Waals surface area contributed by atoms with Crippen molar-refractivity contribution in [1.29, 1.82) is 0 Å². The number of piperidine rings is 1. The summed E-state index contributed by atoms with van der Waals surface area (Å²) >= 11 is 0. The van der Waals surface area contributed by atoms with E-state index in [-0.39, 0.29) is 6.61 Å². The van der Waals surface area contributed by atoms with Crippen LogP contribution in [0.25, 0.3) is 0 Å². The first-order valence-corrected chi connectivity index (χ1v) is 8.86. The molecule has 1 fully saturated rings. The van der Waals surface area contributed by atoms with Gasteiger partial charge in [-0.2, -0.15) is 0 Å². The number of nitrogens with zero attached hydrogens (tertiary/aromatic N) is 1. The monoisotopic (exact) mass is 307 g/mol. The fraction of sp³-hybridized carbons (Fsp3) is 0.429. The van der Waals surface area contributed by atoms with Crippen LogP contribution < -0.4 is 0 Å². The zero-order chi connectivity index (χ0) is 15.6. The molecule has 0 radical (unpaired) electrons. The van der Waals surface area contributed by atoms with Gasteiger partial charge in [-0.25, -0.2) is 0 Å². The van der Waals surface area contributed by atoms with E-state index in [9.17, 15) is 5.11 Å². The molecule has 1 aliphatic carbocycles. The molecule has 1 aliphatic heterocycles. The molecule has 0 bridgehead atoms. The summed E-state index contributed by atoms with van der Waals surface area (Å²) in [5, 5.41) is 9.63. The average Bonchev–Trinajstić information content (AvgIpc) is 2.62. The number of aliphatic hydroxyl groups is 1. The number of rotatable bonds is 3. The van der Waals surface area contributed by atoms with Crippen molar-refractivity contribution in [2.45, 2.75) is 50.8 Å². The van der Waals surface area contributed by atoms with Gasteiger partial charge in [0, 0.05) is 12.6 Å². The summed E-state index contributed by atoms with van der Waals surface area (Å²) < 4.78 is 0. The predicted molar refractivity (Wildman–Crippen MR) is 93.3 cm³/mol. The highest BCUT2D eigenvalue weighted by Gasteiger charge is 2.36. The molecule has 4 rings (SSSR count). The van der Waals surface area contributed by atoms with Crippen LogP contribution >= 0.6 is 0 Å². The summed E-state index contributed by atoms with van der Waals surface area (Å²) in [5.74, 6) is 0.641. The maximum Gasteiger partial charge on any atom is 0.0684 e. The SMILES string of the molecule is OCc1cccc2c1CC[C@@H]1[C@@H]2CCCN1Cc1ccccc1. The first-order chi connectivity index (χ1) is 11.4. The molecule has 0 amide bonds. The molecule has 1 N–H and O–H groups in total. The lowest BCUT2D eigenvalue weighted by Gasteiger charge is -2.45. The second kappa shape index (κ2) is 6.46. The number of benzene rings is 2. The van der Waals surface area contributed by atoms with Crippen LogP contribution in [0.5, 0.6) is 0 Å². The summed E-state index contributed by atoms with van der Waals surface area (Å²) in [6.45, 7) is 2.45. The van der Waals surface area contributed by atoms with E-state index < -0.39 is 0 Å². The zero-order valence-corrected chi connectivity index (χ0v) is 13.6. The summed E-state index contributed by atoms with van der Waals surface area (Å²) in [6.07, 6.45) is 4.90. The molecular weight excluding hydrogens is 282 g/mol. The average molecular weight is 307 g/mol. The van der Waals surface area contributed by atoms with Gasteiger partial charge in [-0.15, -0.1) is 0 Å². The smallest absolute Gasteiger partial charge is 0.0684 e. The minimum absolute atomic E-state index is 0.175. The summed E-state index contributed by atoms with van der Waals surface area (Å²) in [4.78, 5) is 2.69. The maximum atomic E-state index is 9.63. The zero-order valence-electron chi connectivity index (χ0n) is 13.6. The molecule has 2 aliphatic rings. The van der Waals surface area contributed by atoms with E-state index in [1.54, 1.807) is 0 Å². The molecule has 2 heteroatoms. The standard InChI is InChI=1S/C21H25NO/c23-15-17-8-4-9-19-18(17)11-12-21-20(19)10-5-13-22(21)14-16-6-2-1-3-7-16/h1-4,6-9,20-21,23H,5,10-15H2/t20-,21-/m1/s1. The third-order valence-corrected chi connectivity index (χ3v) is 5.69. The van der Waals surface area contributed by atoms with Gasteiger partial charge < -0.3 is 5.11 Å². The lowest BCUT2D eigenvalue weighted by Crippen LogP contribution is -2.46. The maximum absolute atomic E-state index is 9.63. The van der Waals surface area contributed by atoms with E-state index in [1.807, 2.05) is 0 Å². The first-order valence-electron chi connectivity index (χ1n) is 8.86. The molecule has 0 aromatic heterocycles. The summed E-state index contributed by atoms with van der Waals surface area (Å²) in [7, 11) is 0. The molecule has 120 valence electrons. The Labute approximate surface area is 138 Å². The van der Waals surface area contributed by atoms with Crippen molar-refractivity contribution >= 4 is 0 Å². The molecule has 2 aromatic carbocycles. The third kappa shape index (κ3) is 2.82. The van der Waals surface area contributed by atoms with Crippen molar-refractivity contribution in [2.24, 2.45) is 0 Å². The molecule has 23 heavy (non-hydrogen) atoms. The van der Waals surface area contributed by atoms with Gasteiger partial charge in [0.1, 0.15) is 0 Å². The predicted octanol–water partition coefficient (Wildman–Crippen LogP) is 3.87. The normalized spacial score (nSPS) is 24.0. The van der Waals surface area contributed by atoms with Gasteiger partial charge in [0.2, 0.25) is 0 Å². The van der Waals surface area contributed by atoms with E-state index in [4.69, 9.17) is 0 Å². The highest BCUT2D eigenvalue weighted by atomic mass is 16.3. The second-order valence-corrected chi connectivity index (χ2v) is 6.95. The van der Waals surface area contributed by atoms with Crippen molar-refractivity contribution in [3.05, 3.63) is 70.8 Å². The van der Waals surface area contributed by atoms with E-state index in [0.717, 1.165) is 18.5 Å². The first kappa shape index (κ1) is 14.9. The molecular formula is C21H25NO. The number of hydrogen-bond acceptors (Lipinski definition) is 2. The third-order valence-electron chi connectivity index (χ3n) is 5.69. The molecule has 0 spiro atoms. The quantitative estimate of drug-likeness (QED) is 0.930. The Morgan fingerprint density at radius 1 is 1.00 bits per heavy atom. The number of aliphatic hydroxyl groups excluding tert-OH is 1. The van der Waals surface area contributed by atoms with Crippen molar-refractivity contribution in [1.82, 2.24) is 4.90 Å². The van der Waals surface area contributed by atoms with Gasteiger partial charge in [-0.1, -0.05) is 48.5 Å². The number of likely N-dealkylation sites (tertiary alicyclic amines) is 1. The van der Waals surface area contributed by atoms with Crippen molar-refractivity contribution < 1.29 is 5.11 Å². The lowest BCUT2D eigenvalue weighted by atomic mass is 9.73. The minimum atomic E-state index is 0.175. The Bertz CT molecular complexity index is 667. The van der Waals surface area contributed by atoms with E-state index in [2.05, 4.69) is 53.4 Å². The van der Waals surface area contributed by atoms with Gasteiger partial charge in [0.25, 0.3) is 0 Å². The highest BCUT2D eigenvalue weighted by Crippen LogP contribution is 2.42. The van der Waals surface area contributed by atoms with Crippen LogP contribution in [0.3, 0.4) is 0 Å². The Morgan fingerprint density at radius 3 is 2.70 bits per heavy atom. The molecule has 0 saturated carbocycles. The molecule has 1 saturated heterocycles. The van der Waals surface area contributed by atoms with Crippen LogP contribution in [0, 0.1) is 0 Å². The van der Waals surface area contributed by atoms with Crippen LogP contribution in [0.2, 0.25) is 0 Å². The van der Waals surface area contributed by atoms with Gasteiger partial charge in [-0.3, -0.25) is 4.90 Å². The Kier molecular flexibility index (Phi) is 4.19. The van der Waals surface area contributed by atoms with Crippen LogP contribution in [0.4, 0.5) is 0 Å². The number of hydrogen-bond donors (Lipinski definition) is 1. The summed E-state index contributed by atoms with van der Waals surface area (Å²) in [5.41, 5.74) is 5.49. The van der Waals surface area contributed by atoms with E-state index in [0.29, 0.717) is 12.0 Å². The topological polar surface area (TPSA) is 23.5 Å². The molecule has 1 heterocycles. The van der Waals surface area contributed by atoms with Crippen molar-refractivity contribution in [3.8, 4) is 0 Å². The lowest BCUT2D eigenvalue weighted by molar-refractivity contribution is 0.104. The fourth-order valence-corrected chi connectivity index (χ4v) is 4.63. The summed E-state index contributed by atoms with van der Waals surface area (Å²) in [6, 6.07) is 18.0. The molecule has 2 nitrogen and oxygen atoms in total. The van der Waals surface area contributed by atoms with E-state index >= 15 is 0 Å². The molecule has 2 aromatic rings. The van der Waals surface area contributed by atoms with Gasteiger partial charge in [0.05, 0.1) is 6.61 Å². The van der Waals surface area contributed by atoms with Crippen molar-refractivity contribution in [3.63, 3.8) is 0 Å². The molecule has 0 unspecified atom stereocenters.